The molecule has 0 heterocycles. The number of ether oxygens (including phenoxy) is 1. The van der Waals surface area contributed by atoms with Crippen LogP contribution in [0.3, 0.4) is 0 Å². The summed E-state index contributed by atoms with van der Waals surface area (Å²) in [7, 11) is 0. The number of benzene rings is 3. The van der Waals surface area contributed by atoms with E-state index in [9.17, 15) is 0 Å². The Morgan fingerprint density at radius 2 is 1.27 bits per heavy atom. The van der Waals surface area contributed by atoms with Crippen molar-refractivity contribution in [1.82, 2.24) is 0 Å². The van der Waals surface area contributed by atoms with Gasteiger partial charge in [-0.05, 0) is 42.0 Å². The van der Waals surface area contributed by atoms with Gasteiger partial charge in [0.25, 0.3) is 0 Å². The Balaban J connectivity index is 1.67. The predicted molar refractivity (Wildman–Crippen MR) is 108 cm³/mol. The van der Waals surface area contributed by atoms with Crippen molar-refractivity contribution in [2.24, 2.45) is 0 Å². The van der Waals surface area contributed by atoms with Gasteiger partial charge in [-0.3, -0.25) is 0 Å². The minimum absolute atomic E-state index is 0.0798. The summed E-state index contributed by atoms with van der Waals surface area (Å²) in [6, 6.07) is 32.0. The van der Waals surface area contributed by atoms with Gasteiger partial charge in [-0.2, -0.15) is 0 Å². The van der Waals surface area contributed by atoms with E-state index >= 15 is 0 Å². The third-order valence-electron chi connectivity index (χ3n) is 5.47. The molecule has 0 amide bonds. The fourth-order valence-corrected chi connectivity index (χ4v) is 4.23. The predicted octanol–water partition coefficient (Wildman–Crippen LogP) is 6.21. The average Bonchev–Trinajstić information content (AvgIpc) is 3.15. The fourth-order valence-electron chi connectivity index (χ4n) is 4.23. The zero-order valence-corrected chi connectivity index (χ0v) is 14.9. The molecule has 4 rings (SSSR count). The molecular weight excluding hydrogens is 316 g/mol. The topological polar surface area (TPSA) is 9.23 Å². The Hall–Kier alpha value is -2.80. The maximum Gasteiger partial charge on any atom is 0.111 e. The summed E-state index contributed by atoms with van der Waals surface area (Å²) in [6.07, 6.45) is 7.44. The molecule has 1 saturated carbocycles. The summed E-state index contributed by atoms with van der Waals surface area (Å²) in [6.45, 7) is 0. The first-order chi connectivity index (χ1) is 12.9. The van der Waals surface area contributed by atoms with E-state index in [2.05, 4.69) is 78.9 Å². The largest absolute Gasteiger partial charge is 0.497 e. The lowest BCUT2D eigenvalue weighted by Crippen LogP contribution is -2.37. The molecular formula is C25H24O. The highest BCUT2D eigenvalue weighted by atomic mass is 16.5. The van der Waals surface area contributed by atoms with Gasteiger partial charge in [0, 0.05) is 0 Å². The molecule has 3 aromatic rings. The van der Waals surface area contributed by atoms with Gasteiger partial charge in [0.05, 0.1) is 11.7 Å². The molecule has 1 fully saturated rings. The van der Waals surface area contributed by atoms with Gasteiger partial charge >= 0.3 is 0 Å². The second-order valence-electron chi connectivity index (χ2n) is 6.93. The Bertz CT molecular complexity index is 798. The smallest absolute Gasteiger partial charge is 0.111 e. The number of hydrogen-bond donors (Lipinski definition) is 0. The second-order valence-corrected chi connectivity index (χ2v) is 6.93. The zero-order chi connectivity index (χ0) is 17.7. The Morgan fingerprint density at radius 1 is 0.731 bits per heavy atom. The Labute approximate surface area is 156 Å². The standard InChI is InChI=1S/C25H24O/c1-4-11-21(12-5-1)18-20-26-24-17-10-19-25(24,22-13-6-2-7-14-22)23-15-8-3-9-16-23/h1-9,11-16,18,20,24H,10,17,19H2/b20-18+/t24-/m1/s1. The molecule has 26 heavy (non-hydrogen) atoms. The van der Waals surface area contributed by atoms with Crippen molar-refractivity contribution in [1.29, 1.82) is 0 Å². The van der Waals surface area contributed by atoms with Crippen LogP contribution in [0.2, 0.25) is 0 Å². The summed E-state index contributed by atoms with van der Waals surface area (Å²) >= 11 is 0. The fraction of sp³-hybridized carbons (Fsp3) is 0.200. The summed E-state index contributed by atoms with van der Waals surface area (Å²) in [5.41, 5.74) is 3.78. The van der Waals surface area contributed by atoms with Crippen LogP contribution in [0.15, 0.2) is 97.3 Å². The highest BCUT2D eigenvalue weighted by Gasteiger charge is 2.46. The highest BCUT2D eigenvalue weighted by molar-refractivity contribution is 5.48. The molecule has 0 unspecified atom stereocenters. The van der Waals surface area contributed by atoms with Gasteiger partial charge in [-0.15, -0.1) is 0 Å². The van der Waals surface area contributed by atoms with Gasteiger partial charge < -0.3 is 4.74 Å². The normalized spacial score (nSPS) is 18.8. The molecule has 1 heteroatoms. The monoisotopic (exact) mass is 340 g/mol. The van der Waals surface area contributed by atoms with E-state index in [1.807, 2.05) is 24.5 Å². The van der Waals surface area contributed by atoms with Crippen molar-refractivity contribution < 1.29 is 4.74 Å². The van der Waals surface area contributed by atoms with Crippen LogP contribution in [-0.4, -0.2) is 6.10 Å². The third-order valence-corrected chi connectivity index (χ3v) is 5.47. The van der Waals surface area contributed by atoms with Crippen LogP contribution in [0.5, 0.6) is 0 Å². The van der Waals surface area contributed by atoms with Crippen LogP contribution < -0.4 is 0 Å². The van der Waals surface area contributed by atoms with Crippen molar-refractivity contribution in [2.45, 2.75) is 30.8 Å². The maximum absolute atomic E-state index is 6.35. The van der Waals surface area contributed by atoms with E-state index in [1.165, 1.54) is 17.5 Å². The maximum atomic E-state index is 6.35. The van der Waals surface area contributed by atoms with E-state index in [1.54, 1.807) is 0 Å². The molecule has 0 spiro atoms. The van der Waals surface area contributed by atoms with Crippen molar-refractivity contribution >= 4 is 6.08 Å². The summed E-state index contributed by atoms with van der Waals surface area (Å²) in [4.78, 5) is 0. The van der Waals surface area contributed by atoms with Crippen molar-refractivity contribution in [2.75, 3.05) is 0 Å². The van der Waals surface area contributed by atoms with Crippen molar-refractivity contribution in [3.05, 3.63) is 114 Å². The summed E-state index contributed by atoms with van der Waals surface area (Å²) in [5.74, 6) is 0. The van der Waals surface area contributed by atoms with Gasteiger partial charge in [0.1, 0.15) is 6.10 Å². The quantitative estimate of drug-likeness (QED) is 0.502. The van der Waals surface area contributed by atoms with Crippen LogP contribution in [0.4, 0.5) is 0 Å². The lowest BCUT2D eigenvalue weighted by Gasteiger charge is -2.36. The molecule has 0 saturated heterocycles. The van der Waals surface area contributed by atoms with E-state index in [-0.39, 0.29) is 11.5 Å². The average molecular weight is 340 g/mol. The first-order valence-electron chi connectivity index (χ1n) is 9.38. The molecule has 0 N–H and O–H groups in total. The molecule has 0 bridgehead atoms. The number of hydrogen-bond acceptors (Lipinski definition) is 1. The lowest BCUT2D eigenvalue weighted by atomic mass is 9.71. The van der Waals surface area contributed by atoms with E-state index in [0.717, 1.165) is 18.4 Å². The van der Waals surface area contributed by atoms with Crippen LogP contribution in [0.25, 0.3) is 6.08 Å². The van der Waals surface area contributed by atoms with Crippen molar-refractivity contribution in [3.63, 3.8) is 0 Å². The van der Waals surface area contributed by atoms with E-state index in [4.69, 9.17) is 4.74 Å². The molecule has 1 atom stereocenters. The first kappa shape index (κ1) is 16.7. The summed E-state index contributed by atoms with van der Waals surface area (Å²) < 4.78 is 6.35. The first-order valence-corrected chi connectivity index (χ1v) is 9.38. The molecule has 0 aromatic heterocycles. The van der Waals surface area contributed by atoms with E-state index in [0.29, 0.717) is 0 Å². The highest BCUT2D eigenvalue weighted by Crippen LogP contribution is 2.48. The van der Waals surface area contributed by atoms with Crippen molar-refractivity contribution in [3.8, 4) is 0 Å². The molecule has 1 nitrogen and oxygen atoms in total. The van der Waals surface area contributed by atoms with Crippen LogP contribution in [0.1, 0.15) is 36.0 Å². The molecule has 1 aliphatic rings. The second kappa shape index (κ2) is 7.61. The van der Waals surface area contributed by atoms with Crippen LogP contribution >= 0.6 is 0 Å². The number of rotatable bonds is 5. The Morgan fingerprint density at radius 3 is 1.85 bits per heavy atom. The Kier molecular flexibility index (Phi) is 4.88. The van der Waals surface area contributed by atoms with Gasteiger partial charge in [0.2, 0.25) is 0 Å². The molecule has 0 aliphatic heterocycles. The van der Waals surface area contributed by atoms with E-state index < -0.39 is 0 Å². The minimum Gasteiger partial charge on any atom is -0.497 e. The van der Waals surface area contributed by atoms with Gasteiger partial charge in [-0.1, -0.05) is 91.0 Å². The molecule has 130 valence electrons. The van der Waals surface area contributed by atoms with Gasteiger partial charge in [-0.25, -0.2) is 0 Å². The van der Waals surface area contributed by atoms with Crippen LogP contribution in [0, 0.1) is 0 Å². The molecule has 3 aromatic carbocycles. The molecule has 1 aliphatic carbocycles. The SMILES string of the molecule is C(=C\c1ccccc1)/O[C@@H]1CCCC1(c1ccccc1)c1ccccc1. The summed E-state index contributed by atoms with van der Waals surface area (Å²) in [5, 5.41) is 0. The molecule has 0 radical (unpaired) electrons. The lowest BCUT2D eigenvalue weighted by molar-refractivity contribution is 0.104. The third kappa shape index (κ3) is 3.17. The van der Waals surface area contributed by atoms with Gasteiger partial charge in [0.15, 0.2) is 0 Å². The van der Waals surface area contributed by atoms with Crippen LogP contribution in [-0.2, 0) is 10.2 Å². The zero-order valence-electron chi connectivity index (χ0n) is 14.9. The minimum atomic E-state index is -0.0798.